The number of para-hydroxylation sites is 1. The van der Waals surface area contributed by atoms with Crippen molar-refractivity contribution in [3.63, 3.8) is 0 Å². The van der Waals surface area contributed by atoms with Crippen LogP contribution in [0.25, 0.3) is 33.4 Å². The zero-order chi connectivity index (χ0) is 41.8. The minimum atomic E-state index is -0.618. The summed E-state index contributed by atoms with van der Waals surface area (Å²) in [4.78, 5) is 2.41. The minimum Gasteiger partial charge on any atom is -0.310 e. The maximum Gasteiger partial charge on any atom is 0.0720 e. The fraction of sp³-hybridized carbons (Fsp3) is 0.0323. The zero-order valence-corrected chi connectivity index (χ0v) is 34.8. The van der Waals surface area contributed by atoms with Gasteiger partial charge in [0.15, 0.2) is 0 Å². The topological polar surface area (TPSA) is 3.24 Å². The average Bonchev–Trinajstić information content (AvgIpc) is 3.68. The highest BCUT2D eigenvalue weighted by Gasteiger charge is 2.57. The van der Waals surface area contributed by atoms with Crippen molar-refractivity contribution >= 4 is 17.1 Å². The molecule has 2 atom stereocenters. The van der Waals surface area contributed by atoms with Crippen molar-refractivity contribution in [3.05, 3.63) is 305 Å². The van der Waals surface area contributed by atoms with Gasteiger partial charge in [-0.2, -0.15) is 0 Å². The van der Waals surface area contributed by atoms with Crippen LogP contribution in [0.5, 0.6) is 0 Å². The van der Waals surface area contributed by atoms with Crippen LogP contribution < -0.4 is 4.90 Å². The predicted octanol–water partition coefficient (Wildman–Crippen LogP) is 15.5. The highest BCUT2D eigenvalue weighted by atomic mass is 15.1. The molecule has 0 aromatic heterocycles. The fourth-order valence-corrected chi connectivity index (χ4v) is 11.1. The van der Waals surface area contributed by atoms with E-state index in [0.717, 1.165) is 17.1 Å². The van der Waals surface area contributed by atoms with Crippen LogP contribution in [0.1, 0.15) is 44.5 Å². The molecule has 1 nitrogen and oxygen atoms in total. The Bertz CT molecular complexity index is 3190. The monoisotopic (exact) mass is 801 g/mol. The van der Waals surface area contributed by atoms with Gasteiger partial charge in [0.2, 0.25) is 0 Å². The molecule has 0 heterocycles. The molecule has 63 heavy (non-hydrogen) atoms. The van der Waals surface area contributed by atoms with E-state index in [2.05, 4.69) is 266 Å². The first-order valence-corrected chi connectivity index (χ1v) is 21.9. The molecule has 0 N–H and O–H groups in total. The van der Waals surface area contributed by atoms with E-state index in [9.17, 15) is 0 Å². The zero-order valence-electron chi connectivity index (χ0n) is 34.8. The van der Waals surface area contributed by atoms with Crippen molar-refractivity contribution in [2.24, 2.45) is 0 Å². The molecule has 10 aromatic carbocycles. The summed E-state index contributed by atoms with van der Waals surface area (Å²) in [6, 6.07) is 96.5. The van der Waals surface area contributed by atoms with E-state index in [4.69, 9.17) is 0 Å². The van der Waals surface area contributed by atoms with Gasteiger partial charge in [0, 0.05) is 17.1 Å². The Balaban J connectivity index is 1.11. The van der Waals surface area contributed by atoms with Crippen LogP contribution in [-0.2, 0) is 10.8 Å². The van der Waals surface area contributed by atoms with E-state index in [-0.39, 0.29) is 0 Å². The van der Waals surface area contributed by atoms with Gasteiger partial charge >= 0.3 is 0 Å². The van der Waals surface area contributed by atoms with Crippen LogP contribution in [-0.4, -0.2) is 0 Å². The molecular weight excluding hydrogens is 759 g/mol. The van der Waals surface area contributed by atoms with E-state index >= 15 is 0 Å². The molecule has 0 aliphatic heterocycles. The third kappa shape index (κ3) is 5.56. The molecule has 10 aromatic rings. The summed E-state index contributed by atoms with van der Waals surface area (Å²) in [6.45, 7) is 0. The second-order valence-corrected chi connectivity index (χ2v) is 16.8. The fourth-order valence-electron chi connectivity index (χ4n) is 11.1. The smallest absolute Gasteiger partial charge is 0.0720 e. The predicted molar refractivity (Wildman–Crippen MR) is 261 cm³/mol. The van der Waals surface area contributed by atoms with Gasteiger partial charge in [-0.25, -0.2) is 0 Å². The van der Waals surface area contributed by atoms with E-state index in [0.29, 0.717) is 0 Å². The van der Waals surface area contributed by atoms with Crippen LogP contribution in [0.3, 0.4) is 0 Å². The van der Waals surface area contributed by atoms with Crippen LogP contribution in [0.15, 0.2) is 261 Å². The summed E-state index contributed by atoms with van der Waals surface area (Å²) in [7, 11) is 0. The van der Waals surface area contributed by atoms with E-state index in [1.54, 1.807) is 0 Å². The Morgan fingerprint density at radius 3 is 1.24 bits per heavy atom. The number of anilines is 3. The first-order valence-electron chi connectivity index (χ1n) is 21.9. The summed E-state index contributed by atoms with van der Waals surface area (Å²) in [5.41, 5.74) is 19.9. The largest absolute Gasteiger partial charge is 0.310 e. The third-order valence-electron chi connectivity index (χ3n) is 13.6. The first kappa shape index (κ1) is 36.8. The lowest BCUT2D eigenvalue weighted by molar-refractivity contribution is 0.626. The molecule has 12 rings (SSSR count). The normalized spacial score (nSPS) is 16.7. The second-order valence-electron chi connectivity index (χ2n) is 16.8. The van der Waals surface area contributed by atoms with Crippen LogP contribution in [0, 0.1) is 0 Å². The number of nitrogens with zero attached hydrogens (tertiary/aromatic N) is 1. The molecule has 0 amide bonds. The molecular formula is C62H43N. The van der Waals surface area contributed by atoms with Crippen molar-refractivity contribution in [1.29, 1.82) is 0 Å². The van der Waals surface area contributed by atoms with Gasteiger partial charge in [0.05, 0.1) is 10.8 Å². The highest BCUT2D eigenvalue weighted by Crippen LogP contribution is 2.65. The second kappa shape index (κ2) is 14.9. The van der Waals surface area contributed by atoms with Gasteiger partial charge in [-0.05, 0) is 120 Å². The average molecular weight is 802 g/mol. The van der Waals surface area contributed by atoms with E-state index in [1.807, 2.05) is 0 Å². The van der Waals surface area contributed by atoms with Gasteiger partial charge in [-0.3, -0.25) is 0 Å². The maximum atomic E-state index is 2.41. The quantitative estimate of drug-likeness (QED) is 0.148. The van der Waals surface area contributed by atoms with E-state index < -0.39 is 10.8 Å². The summed E-state index contributed by atoms with van der Waals surface area (Å²) < 4.78 is 0. The van der Waals surface area contributed by atoms with Crippen LogP contribution in [0.2, 0.25) is 0 Å². The Hall–Kier alpha value is -8.00. The SMILES string of the molecule is c1ccc(-c2cc(-c3ccccc3)cc(N(c3ccccc3)c3ccc(C4(c5ccccc5)c5ccccc5C5(c6ccccc6)c6ccccc6-c6cccc4c65)cc3)c2)cc1. The van der Waals surface area contributed by atoms with Crippen LogP contribution in [0.4, 0.5) is 17.1 Å². The first-order chi connectivity index (χ1) is 31.3. The van der Waals surface area contributed by atoms with Gasteiger partial charge < -0.3 is 4.90 Å². The molecule has 1 heteroatoms. The molecule has 0 radical (unpaired) electrons. The lowest BCUT2D eigenvalue weighted by Crippen LogP contribution is -2.44. The van der Waals surface area contributed by atoms with Crippen molar-refractivity contribution in [2.45, 2.75) is 10.8 Å². The Morgan fingerprint density at radius 1 is 0.238 bits per heavy atom. The lowest BCUT2D eigenvalue weighted by atomic mass is 9.52. The van der Waals surface area contributed by atoms with E-state index in [1.165, 1.54) is 77.9 Å². The summed E-state index contributed by atoms with van der Waals surface area (Å²) in [5.74, 6) is 0. The Kier molecular flexibility index (Phi) is 8.69. The minimum absolute atomic E-state index is 0.483. The van der Waals surface area contributed by atoms with Crippen molar-refractivity contribution < 1.29 is 0 Å². The molecule has 0 saturated heterocycles. The highest BCUT2D eigenvalue weighted by molar-refractivity contribution is 5.92. The van der Waals surface area contributed by atoms with Gasteiger partial charge in [-0.15, -0.1) is 0 Å². The molecule has 2 unspecified atom stereocenters. The summed E-state index contributed by atoms with van der Waals surface area (Å²) in [5, 5.41) is 0. The lowest BCUT2D eigenvalue weighted by Gasteiger charge is -2.49. The summed E-state index contributed by atoms with van der Waals surface area (Å²) >= 11 is 0. The third-order valence-corrected chi connectivity index (χ3v) is 13.6. The molecule has 296 valence electrons. The molecule has 2 aliphatic carbocycles. The van der Waals surface area contributed by atoms with Gasteiger partial charge in [-0.1, -0.05) is 218 Å². The number of hydrogen-bond donors (Lipinski definition) is 0. The molecule has 0 bridgehead atoms. The Morgan fingerprint density at radius 2 is 0.651 bits per heavy atom. The number of rotatable bonds is 8. The van der Waals surface area contributed by atoms with Crippen molar-refractivity contribution in [3.8, 4) is 33.4 Å². The number of fused-ring (bicyclic) bond motifs is 5. The number of hydrogen-bond acceptors (Lipinski definition) is 1. The van der Waals surface area contributed by atoms with Crippen molar-refractivity contribution in [1.82, 2.24) is 0 Å². The van der Waals surface area contributed by atoms with Gasteiger partial charge in [0.25, 0.3) is 0 Å². The number of benzene rings is 10. The van der Waals surface area contributed by atoms with Crippen LogP contribution >= 0.6 is 0 Å². The van der Waals surface area contributed by atoms with Gasteiger partial charge in [0.1, 0.15) is 0 Å². The maximum absolute atomic E-state index is 2.41. The molecule has 0 fully saturated rings. The molecule has 0 spiro atoms. The molecule has 2 aliphatic rings. The summed E-state index contributed by atoms with van der Waals surface area (Å²) in [6.07, 6.45) is 0. The Labute approximate surface area is 369 Å². The molecule has 0 saturated carbocycles. The standard InChI is InChI=1S/C62H43N/c1-6-21-44(22-7-1)46-41-47(45-23-8-2-9-24-45)43-53(42-46)63(51-29-14-5-15-30-51)52-39-37-50(38-40-52)61(48-25-10-3-11-26-48)57-34-18-19-35-58(57)62(49-27-12-4-13-28-49)56-33-17-16-31-54(56)55-32-20-36-59(61)60(55)62/h1-43H. The van der Waals surface area contributed by atoms with Crippen molar-refractivity contribution in [2.75, 3.05) is 4.90 Å².